The molecule has 0 spiro atoms. The van der Waals surface area contributed by atoms with Crippen molar-refractivity contribution in [3.05, 3.63) is 47.5 Å². The van der Waals surface area contributed by atoms with Crippen LogP contribution in [0.15, 0.2) is 30.6 Å². The number of amides is 2. The highest BCUT2D eigenvalue weighted by molar-refractivity contribution is 5.75. The fourth-order valence-corrected chi connectivity index (χ4v) is 3.98. The van der Waals surface area contributed by atoms with Gasteiger partial charge in [0.05, 0.1) is 12.2 Å². The lowest BCUT2D eigenvalue weighted by molar-refractivity contribution is 0.153. The maximum atomic E-state index is 13.6. The van der Waals surface area contributed by atoms with Gasteiger partial charge in [0.15, 0.2) is 0 Å². The Bertz CT molecular complexity index is 790. The van der Waals surface area contributed by atoms with Crippen molar-refractivity contribution >= 4 is 6.03 Å². The van der Waals surface area contributed by atoms with Gasteiger partial charge in [-0.05, 0) is 61.6 Å². The molecule has 1 aromatic carbocycles. The molecule has 2 heterocycles. The second kappa shape index (κ2) is 7.66. The molecule has 2 aliphatic rings. The number of piperidine rings is 1. The first-order chi connectivity index (χ1) is 13.1. The number of hydrogen-bond donors (Lipinski definition) is 1. The fraction of sp³-hybridized carbons (Fsp3) is 0.550. The van der Waals surface area contributed by atoms with Crippen LogP contribution in [0.25, 0.3) is 0 Å². The van der Waals surface area contributed by atoms with Gasteiger partial charge in [-0.2, -0.15) is 0 Å². The molecule has 2 aromatic rings. The first-order valence-electron chi connectivity index (χ1n) is 9.76. The van der Waals surface area contributed by atoms with Crippen LogP contribution in [-0.4, -0.2) is 39.0 Å². The predicted octanol–water partition coefficient (Wildman–Crippen LogP) is 3.30. The molecule has 2 fully saturated rings. The molecule has 2 amide bonds. The standard InChI is InChI=1S/C20H26FN5O/c1-14-11-17(6-7-18(14)21)19(16-4-5-16)23-20(27)25-9-2-3-15(12-25)13-26-10-8-22-24-26/h6-8,10-11,15-16,19H,2-5,9,12-13H2,1H3,(H,23,27). The van der Waals surface area contributed by atoms with Crippen molar-refractivity contribution in [2.75, 3.05) is 13.1 Å². The number of benzene rings is 1. The molecule has 144 valence electrons. The summed E-state index contributed by atoms with van der Waals surface area (Å²) in [6, 6.07) is 5.11. The Morgan fingerprint density at radius 3 is 2.93 bits per heavy atom. The molecular weight excluding hydrogens is 345 g/mol. The van der Waals surface area contributed by atoms with Crippen LogP contribution in [0.4, 0.5) is 9.18 Å². The summed E-state index contributed by atoms with van der Waals surface area (Å²) in [5.41, 5.74) is 1.62. The van der Waals surface area contributed by atoms with E-state index in [2.05, 4.69) is 15.6 Å². The third kappa shape index (κ3) is 4.28. The van der Waals surface area contributed by atoms with Gasteiger partial charge in [-0.25, -0.2) is 9.18 Å². The number of hydrogen-bond acceptors (Lipinski definition) is 3. The Hall–Kier alpha value is -2.44. The van der Waals surface area contributed by atoms with Crippen molar-refractivity contribution in [1.29, 1.82) is 0 Å². The topological polar surface area (TPSA) is 63.1 Å². The molecule has 0 radical (unpaired) electrons. The highest BCUT2D eigenvalue weighted by Crippen LogP contribution is 2.41. The van der Waals surface area contributed by atoms with Crippen LogP contribution in [0.3, 0.4) is 0 Å². The molecule has 2 unspecified atom stereocenters. The van der Waals surface area contributed by atoms with Crippen molar-refractivity contribution in [2.24, 2.45) is 11.8 Å². The molecule has 1 saturated carbocycles. The third-order valence-electron chi connectivity index (χ3n) is 5.64. The summed E-state index contributed by atoms with van der Waals surface area (Å²) >= 11 is 0. The number of carbonyl (C=O) groups excluding carboxylic acids is 1. The zero-order valence-corrected chi connectivity index (χ0v) is 15.6. The van der Waals surface area contributed by atoms with Gasteiger partial charge in [-0.15, -0.1) is 5.10 Å². The Morgan fingerprint density at radius 1 is 1.37 bits per heavy atom. The average Bonchev–Trinajstić information content (AvgIpc) is 3.39. The number of nitrogens with zero attached hydrogens (tertiary/aromatic N) is 4. The normalized spacial score (nSPS) is 21.1. The predicted molar refractivity (Wildman–Crippen MR) is 99.5 cm³/mol. The summed E-state index contributed by atoms with van der Waals surface area (Å²) in [7, 11) is 0. The van der Waals surface area contributed by atoms with Crippen LogP contribution in [0.2, 0.25) is 0 Å². The van der Waals surface area contributed by atoms with Crippen LogP contribution in [-0.2, 0) is 6.54 Å². The number of urea groups is 1. The molecule has 1 N–H and O–H groups in total. The monoisotopic (exact) mass is 371 g/mol. The number of nitrogens with one attached hydrogen (secondary N) is 1. The molecule has 2 atom stereocenters. The molecule has 0 bridgehead atoms. The van der Waals surface area contributed by atoms with Gasteiger partial charge in [0.2, 0.25) is 0 Å². The van der Waals surface area contributed by atoms with E-state index in [4.69, 9.17) is 0 Å². The third-order valence-corrected chi connectivity index (χ3v) is 5.64. The van der Waals surface area contributed by atoms with Crippen LogP contribution >= 0.6 is 0 Å². The van der Waals surface area contributed by atoms with E-state index >= 15 is 0 Å². The maximum absolute atomic E-state index is 13.6. The van der Waals surface area contributed by atoms with Crippen molar-refractivity contribution in [3.63, 3.8) is 0 Å². The molecule has 7 heteroatoms. The molecule has 1 aromatic heterocycles. The Morgan fingerprint density at radius 2 is 2.22 bits per heavy atom. The average molecular weight is 371 g/mol. The summed E-state index contributed by atoms with van der Waals surface area (Å²) < 4.78 is 15.5. The molecule has 27 heavy (non-hydrogen) atoms. The number of likely N-dealkylation sites (tertiary alicyclic amines) is 1. The number of aryl methyl sites for hydroxylation is 1. The highest BCUT2D eigenvalue weighted by atomic mass is 19.1. The summed E-state index contributed by atoms with van der Waals surface area (Å²) in [6.07, 6.45) is 7.84. The quantitative estimate of drug-likeness (QED) is 0.877. The minimum Gasteiger partial charge on any atom is -0.331 e. The SMILES string of the molecule is Cc1cc(C(NC(=O)N2CCCC(Cn3ccnn3)C2)C2CC2)ccc1F. The zero-order chi connectivity index (χ0) is 18.8. The lowest BCUT2D eigenvalue weighted by Gasteiger charge is -2.34. The highest BCUT2D eigenvalue weighted by Gasteiger charge is 2.35. The van der Waals surface area contributed by atoms with Gasteiger partial charge < -0.3 is 10.2 Å². The van der Waals surface area contributed by atoms with E-state index in [1.807, 2.05) is 21.8 Å². The largest absolute Gasteiger partial charge is 0.331 e. The van der Waals surface area contributed by atoms with Crippen LogP contribution in [0.1, 0.15) is 42.9 Å². The van der Waals surface area contributed by atoms with Crippen LogP contribution in [0, 0.1) is 24.6 Å². The van der Waals surface area contributed by atoms with E-state index < -0.39 is 0 Å². The fourth-order valence-electron chi connectivity index (χ4n) is 3.98. The first-order valence-corrected chi connectivity index (χ1v) is 9.76. The van der Waals surface area contributed by atoms with E-state index in [0.29, 0.717) is 17.4 Å². The smallest absolute Gasteiger partial charge is 0.317 e. The van der Waals surface area contributed by atoms with Crippen molar-refractivity contribution in [3.8, 4) is 0 Å². The molecular formula is C20H26FN5O. The van der Waals surface area contributed by atoms with Crippen LogP contribution < -0.4 is 5.32 Å². The lowest BCUT2D eigenvalue weighted by Crippen LogP contribution is -2.47. The van der Waals surface area contributed by atoms with Crippen molar-refractivity contribution in [1.82, 2.24) is 25.2 Å². The summed E-state index contributed by atoms with van der Waals surface area (Å²) in [5.74, 6) is 0.639. The minimum atomic E-state index is -0.202. The minimum absolute atomic E-state index is 0.0165. The number of rotatable bonds is 5. The van der Waals surface area contributed by atoms with Gasteiger partial charge >= 0.3 is 6.03 Å². The van der Waals surface area contributed by atoms with E-state index in [9.17, 15) is 9.18 Å². The lowest BCUT2D eigenvalue weighted by atomic mass is 9.98. The number of aromatic nitrogens is 3. The Kier molecular flexibility index (Phi) is 5.09. The maximum Gasteiger partial charge on any atom is 0.317 e. The second-order valence-electron chi connectivity index (χ2n) is 7.85. The summed E-state index contributed by atoms with van der Waals surface area (Å²) in [4.78, 5) is 14.8. The van der Waals surface area contributed by atoms with Gasteiger partial charge in [0, 0.05) is 25.8 Å². The molecule has 1 saturated heterocycles. The van der Waals surface area contributed by atoms with Gasteiger partial charge in [0.1, 0.15) is 5.82 Å². The van der Waals surface area contributed by atoms with Crippen molar-refractivity contribution < 1.29 is 9.18 Å². The van der Waals surface area contributed by atoms with E-state index in [1.54, 1.807) is 19.2 Å². The Balaban J connectivity index is 1.41. The Labute approximate surface area is 158 Å². The molecule has 1 aliphatic heterocycles. The summed E-state index contributed by atoms with van der Waals surface area (Å²) in [6.45, 7) is 4.06. The molecule has 4 rings (SSSR count). The van der Waals surface area contributed by atoms with E-state index in [-0.39, 0.29) is 17.9 Å². The summed E-state index contributed by atoms with van der Waals surface area (Å²) in [5, 5.41) is 11.1. The van der Waals surface area contributed by atoms with E-state index in [0.717, 1.165) is 50.9 Å². The number of halogens is 1. The first kappa shape index (κ1) is 17.9. The van der Waals surface area contributed by atoms with Gasteiger partial charge in [0.25, 0.3) is 0 Å². The molecule has 1 aliphatic carbocycles. The van der Waals surface area contributed by atoms with Gasteiger partial charge in [-0.3, -0.25) is 4.68 Å². The molecule has 6 nitrogen and oxygen atoms in total. The van der Waals surface area contributed by atoms with Gasteiger partial charge in [-0.1, -0.05) is 17.3 Å². The zero-order valence-electron chi connectivity index (χ0n) is 15.6. The van der Waals surface area contributed by atoms with E-state index in [1.165, 1.54) is 6.07 Å². The van der Waals surface area contributed by atoms with Crippen LogP contribution in [0.5, 0.6) is 0 Å². The number of carbonyl (C=O) groups is 1. The van der Waals surface area contributed by atoms with Crippen molar-refractivity contribution in [2.45, 2.75) is 45.2 Å². The second-order valence-corrected chi connectivity index (χ2v) is 7.85.